The molecule has 1 aromatic carbocycles. The van der Waals surface area contributed by atoms with Crippen molar-refractivity contribution in [3.05, 3.63) is 72.6 Å². The molecule has 5 rings (SSSR count). The molecule has 5 aromatic rings. The molecule has 158 valence electrons. The number of amides is 1. The van der Waals surface area contributed by atoms with Gasteiger partial charge < -0.3 is 10.1 Å². The summed E-state index contributed by atoms with van der Waals surface area (Å²) in [4.78, 5) is 25.4. The predicted molar refractivity (Wildman–Crippen MR) is 112 cm³/mol. The Labute approximate surface area is 180 Å². The molecule has 32 heavy (non-hydrogen) atoms. The molecule has 0 fully saturated rings. The predicted octanol–water partition coefficient (Wildman–Crippen LogP) is 2.98. The van der Waals surface area contributed by atoms with Crippen LogP contribution in [0.5, 0.6) is 6.01 Å². The molecule has 0 radical (unpaired) electrons. The molecule has 0 aliphatic heterocycles. The smallest absolute Gasteiger partial charge is 0.316 e. The molecule has 2 N–H and O–H groups in total. The van der Waals surface area contributed by atoms with E-state index in [9.17, 15) is 9.18 Å². The number of pyridine rings is 1. The monoisotopic (exact) mass is 430 g/mol. The highest BCUT2D eigenvalue weighted by Crippen LogP contribution is 2.24. The molecular formula is C21H15FN8O2. The largest absolute Gasteiger partial charge is 0.467 e. The summed E-state index contributed by atoms with van der Waals surface area (Å²) in [5.74, 6) is -0.816. The molecule has 0 aliphatic rings. The molecule has 10 nitrogen and oxygen atoms in total. The molecule has 0 spiro atoms. The van der Waals surface area contributed by atoms with Gasteiger partial charge in [0.05, 0.1) is 36.4 Å². The quantitative estimate of drug-likeness (QED) is 0.439. The van der Waals surface area contributed by atoms with E-state index in [1.54, 1.807) is 6.07 Å². The minimum absolute atomic E-state index is 0.0460. The van der Waals surface area contributed by atoms with Crippen molar-refractivity contribution >= 4 is 17.2 Å². The number of fused-ring (bicyclic) bond motifs is 1. The number of halogens is 1. The first-order valence-electron chi connectivity index (χ1n) is 9.46. The van der Waals surface area contributed by atoms with Gasteiger partial charge in [-0.25, -0.2) is 18.9 Å². The number of rotatable bonds is 5. The highest BCUT2D eigenvalue weighted by Gasteiger charge is 2.19. The number of hydrogen-bond donors (Lipinski definition) is 2. The number of nitrogens with one attached hydrogen (secondary N) is 2. The number of benzene rings is 1. The molecule has 0 atom stereocenters. The number of aromatic nitrogens is 7. The van der Waals surface area contributed by atoms with Gasteiger partial charge in [0.15, 0.2) is 17.3 Å². The number of anilines is 1. The van der Waals surface area contributed by atoms with Gasteiger partial charge in [0.1, 0.15) is 5.69 Å². The second kappa shape index (κ2) is 7.87. The SMILES string of the molecule is COc1nccc(-c2cn[nH]c2C(=O)Nc2cc3nc(-c4ccccc4)nn3cc2F)n1. The van der Waals surface area contributed by atoms with Crippen LogP contribution >= 0.6 is 0 Å². The Morgan fingerprint density at radius 2 is 2.03 bits per heavy atom. The lowest BCUT2D eigenvalue weighted by atomic mass is 10.1. The number of ether oxygens (including phenoxy) is 1. The fourth-order valence-electron chi connectivity index (χ4n) is 3.14. The summed E-state index contributed by atoms with van der Waals surface area (Å²) in [5.41, 5.74) is 2.08. The highest BCUT2D eigenvalue weighted by molar-refractivity contribution is 6.07. The van der Waals surface area contributed by atoms with E-state index >= 15 is 0 Å². The Morgan fingerprint density at radius 3 is 2.84 bits per heavy atom. The second-order valence-corrected chi connectivity index (χ2v) is 6.68. The molecule has 0 bridgehead atoms. The van der Waals surface area contributed by atoms with Crippen LogP contribution in [0.1, 0.15) is 10.5 Å². The minimum atomic E-state index is -0.667. The van der Waals surface area contributed by atoms with Crippen molar-refractivity contribution in [3.63, 3.8) is 0 Å². The number of hydrogen-bond acceptors (Lipinski definition) is 7. The Morgan fingerprint density at radius 1 is 1.19 bits per heavy atom. The fourth-order valence-corrected chi connectivity index (χ4v) is 3.14. The molecule has 11 heteroatoms. The number of nitrogens with zero attached hydrogens (tertiary/aromatic N) is 6. The van der Waals surface area contributed by atoms with Crippen LogP contribution in [0.2, 0.25) is 0 Å². The molecule has 0 saturated heterocycles. The zero-order valence-corrected chi connectivity index (χ0v) is 16.7. The summed E-state index contributed by atoms with van der Waals surface area (Å²) < 4.78 is 21.0. The lowest BCUT2D eigenvalue weighted by Gasteiger charge is -2.07. The summed E-state index contributed by atoms with van der Waals surface area (Å²) in [6.07, 6.45) is 4.10. The third-order valence-corrected chi connectivity index (χ3v) is 4.66. The highest BCUT2D eigenvalue weighted by atomic mass is 19.1. The first-order valence-corrected chi connectivity index (χ1v) is 9.46. The number of carbonyl (C=O) groups is 1. The second-order valence-electron chi connectivity index (χ2n) is 6.68. The van der Waals surface area contributed by atoms with Gasteiger partial charge >= 0.3 is 6.01 Å². The zero-order chi connectivity index (χ0) is 22.1. The lowest BCUT2D eigenvalue weighted by molar-refractivity contribution is 0.102. The van der Waals surface area contributed by atoms with Crippen molar-refractivity contribution in [3.8, 4) is 28.7 Å². The molecular weight excluding hydrogens is 415 g/mol. The molecule has 0 saturated carbocycles. The van der Waals surface area contributed by atoms with E-state index in [1.807, 2.05) is 30.3 Å². The van der Waals surface area contributed by atoms with Gasteiger partial charge in [-0.2, -0.15) is 10.1 Å². The number of H-pyrrole nitrogens is 1. The van der Waals surface area contributed by atoms with Gasteiger partial charge in [-0.05, 0) is 6.07 Å². The van der Waals surface area contributed by atoms with Crippen LogP contribution in [0.25, 0.3) is 28.3 Å². The first kappa shape index (κ1) is 19.3. The Bertz CT molecular complexity index is 1430. The third kappa shape index (κ3) is 3.51. The van der Waals surface area contributed by atoms with Crippen LogP contribution in [0, 0.1) is 5.82 Å². The van der Waals surface area contributed by atoms with Crippen molar-refractivity contribution in [2.24, 2.45) is 0 Å². The average molecular weight is 430 g/mol. The average Bonchev–Trinajstić information content (AvgIpc) is 3.47. The molecule has 0 aliphatic carbocycles. The van der Waals surface area contributed by atoms with E-state index in [4.69, 9.17) is 4.74 Å². The maximum absolute atomic E-state index is 14.7. The van der Waals surface area contributed by atoms with Crippen LogP contribution in [0.15, 0.2) is 61.1 Å². The van der Waals surface area contributed by atoms with E-state index in [2.05, 4.69) is 35.6 Å². The van der Waals surface area contributed by atoms with Crippen LogP contribution in [-0.4, -0.2) is 47.8 Å². The minimum Gasteiger partial charge on any atom is -0.467 e. The number of methoxy groups -OCH3 is 1. The van der Waals surface area contributed by atoms with Gasteiger partial charge in [-0.1, -0.05) is 30.3 Å². The van der Waals surface area contributed by atoms with Crippen molar-refractivity contribution in [2.45, 2.75) is 0 Å². The maximum atomic E-state index is 14.7. The van der Waals surface area contributed by atoms with Gasteiger partial charge in [-0.3, -0.25) is 9.89 Å². The van der Waals surface area contributed by atoms with E-state index in [-0.39, 0.29) is 17.4 Å². The number of carbonyl (C=O) groups excluding carboxylic acids is 1. The summed E-state index contributed by atoms with van der Waals surface area (Å²) >= 11 is 0. The third-order valence-electron chi connectivity index (χ3n) is 4.66. The Kier molecular flexibility index (Phi) is 4.75. The fraction of sp³-hybridized carbons (Fsp3) is 0.0476. The lowest BCUT2D eigenvalue weighted by Crippen LogP contribution is -2.15. The topological polar surface area (TPSA) is 123 Å². The summed E-state index contributed by atoms with van der Waals surface area (Å²) in [7, 11) is 1.44. The van der Waals surface area contributed by atoms with Crippen molar-refractivity contribution < 1.29 is 13.9 Å². The van der Waals surface area contributed by atoms with Gasteiger partial charge in [0.25, 0.3) is 5.91 Å². The zero-order valence-electron chi connectivity index (χ0n) is 16.7. The van der Waals surface area contributed by atoms with Crippen LogP contribution in [0.4, 0.5) is 10.1 Å². The normalized spacial score (nSPS) is 10.9. The summed E-state index contributed by atoms with van der Waals surface area (Å²) in [6.45, 7) is 0. The van der Waals surface area contributed by atoms with Gasteiger partial charge in [-0.15, -0.1) is 5.10 Å². The van der Waals surface area contributed by atoms with E-state index in [0.29, 0.717) is 22.7 Å². The molecule has 4 aromatic heterocycles. The van der Waals surface area contributed by atoms with Crippen molar-refractivity contribution in [2.75, 3.05) is 12.4 Å². The van der Waals surface area contributed by atoms with Crippen molar-refractivity contribution in [1.82, 2.24) is 34.8 Å². The molecule has 0 unspecified atom stereocenters. The van der Waals surface area contributed by atoms with Crippen LogP contribution < -0.4 is 10.1 Å². The van der Waals surface area contributed by atoms with Crippen molar-refractivity contribution in [1.29, 1.82) is 0 Å². The first-order chi connectivity index (χ1) is 15.6. The molecule has 4 heterocycles. The maximum Gasteiger partial charge on any atom is 0.316 e. The standard InChI is InChI=1S/C21H15FN8O2/c1-32-21-23-8-7-15(26-21)13-10-24-28-18(13)20(31)25-16-9-17-27-19(12-5-3-2-4-6-12)29-30(17)11-14(16)22/h2-11H,1H3,(H,24,28)(H,25,31). The summed E-state index contributed by atoms with van der Waals surface area (Å²) in [5, 5.41) is 13.4. The van der Waals surface area contributed by atoms with Gasteiger partial charge in [0, 0.05) is 17.8 Å². The van der Waals surface area contributed by atoms with Crippen LogP contribution in [-0.2, 0) is 0 Å². The Balaban J connectivity index is 1.45. The van der Waals surface area contributed by atoms with E-state index in [0.717, 1.165) is 11.8 Å². The van der Waals surface area contributed by atoms with E-state index < -0.39 is 11.7 Å². The van der Waals surface area contributed by atoms with Crippen LogP contribution in [0.3, 0.4) is 0 Å². The number of aromatic amines is 1. The van der Waals surface area contributed by atoms with Gasteiger partial charge in [0.2, 0.25) is 0 Å². The molecule has 1 amide bonds. The summed E-state index contributed by atoms with van der Waals surface area (Å²) in [6, 6.07) is 12.5. The Hall–Kier alpha value is -4.67. The van der Waals surface area contributed by atoms with E-state index in [1.165, 1.54) is 30.1 Å².